The Hall–Kier alpha value is -3.19. The summed E-state index contributed by atoms with van der Waals surface area (Å²) in [6.07, 6.45) is 0. The Morgan fingerprint density at radius 3 is 2.31 bits per heavy atom. The van der Waals surface area contributed by atoms with Crippen molar-refractivity contribution in [1.29, 1.82) is 0 Å². The van der Waals surface area contributed by atoms with Crippen LogP contribution < -0.4 is 14.4 Å². The van der Waals surface area contributed by atoms with Crippen LogP contribution in [0.3, 0.4) is 0 Å². The van der Waals surface area contributed by atoms with Gasteiger partial charge in [0.1, 0.15) is 5.75 Å². The first-order valence-electron chi connectivity index (χ1n) is 9.19. The van der Waals surface area contributed by atoms with Gasteiger partial charge in [0.05, 0.1) is 10.6 Å². The lowest BCUT2D eigenvalue weighted by Gasteiger charge is -2.19. The van der Waals surface area contributed by atoms with Crippen LogP contribution in [-0.2, 0) is 14.8 Å². The number of nitro benzene ring substituents is 1. The molecule has 9 nitrogen and oxygen atoms in total. The van der Waals surface area contributed by atoms with Crippen molar-refractivity contribution >= 4 is 55.6 Å². The molecule has 0 aliphatic carbocycles. The van der Waals surface area contributed by atoms with Crippen molar-refractivity contribution < 1.29 is 22.9 Å². The molecule has 32 heavy (non-hydrogen) atoms. The van der Waals surface area contributed by atoms with Crippen LogP contribution in [0.15, 0.2) is 77.7 Å². The van der Waals surface area contributed by atoms with Gasteiger partial charge in [-0.2, -0.15) is 0 Å². The van der Waals surface area contributed by atoms with E-state index in [1.165, 1.54) is 49.5 Å². The van der Waals surface area contributed by atoms with Crippen molar-refractivity contribution in [3.05, 3.63) is 86.5 Å². The predicted octanol–water partition coefficient (Wildman–Crippen LogP) is 4.04. The van der Waals surface area contributed by atoms with E-state index in [1.54, 1.807) is 12.1 Å². The van der Waals surface area contributed by atoms with Gasteiger partial charge in [0, 0.05) is 22.4 Å². The second kappa shape index (κ2) is 9.96. The van der Waals surface area contributed by atoms with Gasteiger partial charge < -0.3 is 10.1 Å². The molecular weight excluding hydrogens is 549 g/mol. The first kappa shape index (κ1) is 23.5. The number of carbonyl (C=O) groups is 1. The molecule has 3 aromatic rings. The summed E-state index contributed by atoms with van der Waals surface area (Å²) in [5.74, 6) is 0.0226. The van der Waals surface area contributed by atoms with Gasteiger partial charge in [-0.15, -0.1) is 0 Å². The van der Waals surface area contributed by atoms with Gasteiger partial charge in [-0.25, -0.2) is 8.42 Å². The molecule has 3 aromatic carbocycles. The molecule has 0 atom stereocenters. The smallest absolute Gasteiger partial charge is 0.289 e. The normalized spacial score (nSPS) is 10.9. The van der Waals surface area contributed by atoms with Crippen LogP contribution in [-0.4, -0.2) is 32.9 Å². The number of nitrogens with zero attached hydrogens (tertiary/aromatic N) is 2. The molecule has 0 fully saturated rings. The quantitative estimate of drug-likeness (QED) is 0.249. The lowest BCUT2D eigenvalue weighted by Crippen LogP contribution is -2.27. The van der Waals surface area contributed by atoms with Crippen LogP contribution in [0.4, 0.5) is 17.1 Å². The van der Waals surface area contributed by atoms with E-state index < -0.39 is 25.5 Å². The molecule has 0 aliphatic heterocycles. The molecule has 0 aliphatic rings. The average molecular weight is 567 g/mol. The number of rotatable bonds is 8. The molecule has 3 rings (SSSR count). The number of amides is 1. The van der Waals surface area contributed by atoms with Gasteiger partial charge in [0.2, 0.25) is 0 Å². The molecule has 0 bridgehead atoms. The highest BCUT2D eigenvalue weighted by atomic mass is 127. The second-order valence-corrected chi connectivity index (χ2v) is 9.72. The highest BCUT2D eigenvalue weighted by Crippen LogP contribution is 2.29. The number of anilines is 2. The number of para-hydroxylation sites is 1. The van der Waals surface area contributed by atoms with E-state index in [2.05, 4.69) is 27.9 Å². The van der Waals surface area contributed by atoms with Crippen molar-refractivity contribution in [2.75, 3.05) is 23.3 Å². The van der Waals surface area contributed by atoms with Gasteiger partial charge in [-0.1, -0.05) is 12.1 Å². The maximum atomic E-state index is 12.9. The lowest BCUT2D eigenvalue weighted by molar-refractivity contribution is -0.387. The van der Waals surface area contributed by atoms with Gasteiger partial charge >= 0.3 is 0 Å². The molecule has 0 heterocycles. The van der Waals surface area contributed by atoms with Crippen molar-refractivity contribution in [3.63, 3.8) is 0 Å². The van der Waals surface area contributed by atoms with Crippen molar-refractivity contribution in [1.82, 2.24) is 0 Å². The minimum absolute atomic E-state index is 0.227. The Morgan fingerprint density at radius 1 is 1.06 bits per heavy atom. The molecular formula is C21H18IN3O6S. The van der Waals surface area contributed by atoms with E-state index in [0.29, 0.717) is 11.4 Å². The number of hydrogen-bond donors (Lipinski definition) is 1. The summed E-state index contributed by atoms with van der Waals surface area (Å²) < 4.78 is 33.2. The van der Waals surface area contributed by atoms with Crippen molar-refractivity contribution in [2.24, 2.45) is 0 Å². The van der Waals surface area contributed by atoms with E-state index in [0.717, 1.165) is 13.9 Å². The van der Waals surface area contributed by atoms with E-state index in [-0.39, 0.29) is 18.2 Å². The SMILES string of the molecule is CN(c1ccc(OCC(=O)Nc2ccc(I)cc2)cc1)S(=O)(=O)c1ccccc1[N+](=O)[O-]. The third-order valence-electron chi connectivity index (χ3n) is 4.40. The largest absolute Gasteiger partial charge is 0.484 e. The molecule has 1 N–H and O–H groups in total. The summed E-state index contributed by atoms with van der Waals surface area (Å²) in [7, 11) is -2.86. The van der Waals surface area contributed by atoms with Crippen LogP contribution in [0.1, 0.15) is 0 Å². The standard InChI is InChI=1S/C21H18IN3O6S/c1-24(32(29,30)20-5-3-2-4-19(20)25(27)28)17-10-12-18(13-11-17)31-14-21(26)23-16-8-6-15(22)7-9-16/h2-13H,14H2,1H3,(H,23,26). The molecule has 166 valence electrons. The van der Waals surface area contributed by atoms with Crippen molar-refractivity contribution in [2.45, 2.75) is 4.90 Å². The Balaban J connectivity index is 1.66. The van der Waals surface area contributed by atoms with E-state index in [9.17, 15) is 23.3 Å². The predicted molar refractivity (Wildman–Crippen MR) is 128 cm³/mol. The number of hydrogen-bond acceptors (Lipinski definition) is 6. The Labute approximate surface area is 198 Å². The van der Waals surface area contributed by atoms with E-state index in [1.807, 2.05) is 12.1 Å². The number of carbonyl (C=O) groups excluding carboxylic acids is 1. The monoisotopic (exact) mass is 567 g/mol. The van der Waals surface area contributed by atoms with Crippen LogP contribution in [0.25, 0.3) is 0 Å². The molecule has 0 radical (unpaired) electrons. The molecule has 1 amide bonds. The number of benzene rings is 3. The maximum Gasteiger partial charge on any atom is 0.289 e. The molecule has 0 unspecified atom stereocenters. The lowest BCUT2D eigenvalue weighted by atomic mass is 10.3. The number of nitro groups is 1. The van der Waals surface area contributed by atoms with Gasteiger partial charge in [-0.3, -0.25) is 19.2 Å². The van der Waals surface area contributed by atoms with Gasteiger partial charge in [0.25, 0.3) is 21.6 Å². The Bertz CT molecular complexity index is 1230. The fourth-order valence-electron chi connectivity index (χ4n) is 2.74. The van der Waals surface area contributed by atoms with Crippen LogP contribution in [0.5, 0.6) is 5.75 Å². The van der Waals surface area contributed by atoms with Crippen LogP contribution >= 0.6 is 22.6 Å². The number of ether oxygens (including phenoxy) is 1. The zero-order chi connectivity index (χ0) is 23.3. The minimum atomic E-state index is -4.16. The molecule has 0 spiro atoms. The molecule has 11 heteroatoms. The van der Waals surface area contributed by atoms with Gasteiger partial charge in [0.15, 0.2) is 11.5 Å². The zero-order valence-electron chi connectivity index (χ0n) is 16.8. The first-order valence-corrected chi connectivity index (χ1v) is 11.7. The van der Waals surface area contributed by atoms with Crippen LogP contribution in [0, 0.1) is 13.7 Å². The number of nitrogens with one attached hydrogen (secondary N) is 1. The average Bonchev–Trinajstić information content (AvgIpc) is 2.79. The molecule has 0 saturated heterocycles. The van der Waals surface area contributed by atoms with E-state index in [4.69, 9.17) is 4.74 Å². The fraction of sp³-hybridized carbons (Fsp3) is 0.0952. The van der Waals surface area contributed by atoms with Crippen LogP contribution in [0.2, 0.25) is 0 Å². The maximum absolute atomic E-state index is 12.9. The third-order valence-corrected chi connectivity index (χ3v) is 6.95. The fourth-order valence-corrected chi connectivity index (χ4v) is 4.46. The Kier molecular flexibility index (Phi) is 7.30. The summed E-state index contributed by atoms with van der Waals surface area (Å²) >= 11 is 2.17. The minimum Gasteiger partial charge on any atom is -0.484 e. The second-order valence-electron chi connectivity index (χ2n) is 6.54. The van der Waals surface area contributed by atoms with Gasteiger partial charge in [-0.05, 0) is 77.2 Å². The summed E-state index contributed by atoms with van der Waals surface area (Å²) in [5, 5.41) is 13.9. The summed E-state index contributed by atoms with van der Waals surface area (Å²) in [5.41, 5.74) is 0.425. The number of sulfonamides is 1. The highest BCUT2D eigenvalue weighted by Gasteiger charge is 2.29. The number of halogens is 1. The molecule has 0 saturated carbocycles. The zero-order valence-corrected chi connectivity index (χ0v) is 19.7. The first-order chi connectivity index (χ1) is 15.2. The topological polar surface area (TPSA) is 119 Å². The van der Waals surface area contributed by atoms with Crippen molar-refractivity contribution in [3.8, 4) is 5.75 Å². The summed E-state index contributed by atoms with van der Waals surface area (Å²) in [6.45, 7) is -0.227. The third kappa shape index (κ3) is 5.53. The summed E-state index contributed by atoms with van der Waals surface area (Å²) in [4.78, 5) is 22.1. The summed E-state index contributed by atoms with van der Waals surface area (Å²) in [6, 6.07) is 18.4. The molecule has 0 aromatic heterocycles. The highest BCUT2D eigenvalue weighted by molar-refractivity contribution is 14.1. The van der Waals surface area contributed by atoms with E-state index >= 15 is 0 Å². The Morgan fingerprint density at radius 2 is 1.69 bits per heavy atom.